The van der Waals surface area contributed by atoms with Crippen molar-refractivity contribution in [2.24, 2.45) is 0 Å². The van der Waals surface area contributed by atoms with Gasteiger partial charge in [0.15, 0.2) is 11.5 Å². The van der Waals surface area contributed by atoms with Crippen molar-refractivity contribution in [2.45, 2.75) is 13.3 Å². The highest BCUT2D eigenvalue weighted by Gasteiger charge is 2.16. The van der Waals surface area contributed by atoms with E-state index in [0.717, 1.165) is 5.56 Å². The van der Waals surface area contributed by atoms with E-state index in [9.17, 15) is 4.79 Å². The SMILES string of the molecule is CCOc1nc(NC(=O)Cc2ccc3c(c2)OCO3)cc(N)c1C#N. The fourth-order valence-electron chi connectivity index (χ4n) is 2.38. The standard InChI is InChI=1S/C17H16N4O4/c1-2-23-17-11(8-18)12(19)7-15(21-17)20-16(22)6-10-3-4-13-14(5-10)25-9-24-13/h3-5,7H,2,6,9H2,1H3,(H3,19,20,21,22). The largest absolute Gasteiger partial charge is 0.477 e. The molecule has 0 aliphatic carbocycles. The third-order valence-corrected chi connectivity index (χ3v) is 3.48. The minimum atomic E-state index is -0.280. The molecule has 8 heteroatoms. The van der Waals surface area contributed by atoms with Crippen LogP contribution in [0.4, 0.5) is 11.5 Å². The Morgan fingerprint density at radius 2 is 2.20 bits per heavy atom. The van der Waals surface area contributed by atoms with Gasteiger partial charge in [-0.05, 0) is 24.6 Å². The first-order chi connectivity index (χ1) is 12.1. The first-order valence-corrected chi connectivity index (χ1v) is 7.62. The first-order valence-electron chi connectivity index (χ1n) is 7.62. The van der Waals surface area contributed by atoms with Gasteiger partial charge < -0.3 is 25.3 Å². The Balaban J connectivity index is 1.73. The number of pyridine rings is 1. The van der Waals surface area contributed by atoms with E-state index >= 15 is 0 Å². The zero-order valence-corrected chi connectivity index (χ0v) is 13.5. The average molecular weight is 340 g/mol. The summed E-state index contributed by atoms with van der Waals surface area (Å²) < 4.78 is 15.8. The molecule has 2 aromatic rings. The Labute approximate surface area is 144 Å². The smallest absolute Gasteiger partial charge is 0.235 e. The van der Waals surface area contributed by atoms with E-state index in [-0.39, 0.29) is 42.1 Å². The van der Waals surface area contributed by atoms with Gasteiger partial charge in [0.1, 0.15) is 17.5 Å². The summed E-state index contributed by atoms with van der Waals surface area (Å²) in [7, 11) is 0. The predicted octanol–water partition coefficient (Wildman–Crippen LogP) is 1.84. The van der Waals surface area contributed by atoms with Gasteiger partial charge in [-0.25, -0.2) is 0 Å². The third-order valence-electron chi connectivity index (χ3n) is 3.48. The molecule has 0 spiro atoms. The summed E-state index contributed by atoms with van der Waals surface area (Å²) in [5, 5.41) is 11.8. The molecule has 3 N–H and O–H groups in total. The van der Waals surface area contributed by atoms with Crippen molar-refractivity contribution in [1.29, 1.82) is 5.26 Å². The maximum absolute atomic E-state index is 12.2. The summed E-state index contributed by atoms with van der Waals surface area (Å²) in [6, 6.07) is 8.68. The highest BCUT2D eigenvalue weighted by Crippen LogP contribution is 2.32. The number of nitrogens with one attached hydrogen (secondary N) is 1. The number of nitriles is 1. The summed E-state index contributed by atoms with van der Waals surface area (Å²) in [6.45, 7) is 2.28. The van der Waals surface area contributed by atoms with Gasteiger partial charge in [-0.1, -0.05) is 6.07 Å². The zero-order valence-electron chi connectivity index (χ0n) is 13.5. The van der Waals surface area contributed by atoms with E-state index in [1.165, 1.54) is 6.07 Å². The van der Waals surface area contributed by atoms with Crippen LogP contribution in [0.5, 0.6) is 17.4 Å². The number of nitrogen functional groups attached to an aromatic ring is 1. The minimum absolute atomic E-state index is 0.100. The van der Waals surface area contributed by atoms with Crippen molar-refractivity contribution in [1.82, 2.24) is 4.98 Å². The molecule has 1 aliphatic heterocycles. The number of rotatable bonds is 5. The quantitative estimate of drug-likeness (QED) is 0.852. The topological polar surface area (TPSA) is 119 Å². The summed E-state index contributed by atoms with van der Waals surface area (Å²) in [4.78, 5) is 16.4. The fraction of sp³-hybridized carbons (Fsp3) is 0.235. The number of benzene rings is 1. The first kappa shape index (κ1) is 16.4. The monoisotopic (exact) mass is 340 g/mol. The number of nitrogens with zero attached hydrogens (tertiary/aromatic N) is 2. The van der Waals surface area contributed by atoms with E-state index < -0.39 is 0 Å². The fourth-order valence-corrected chi connectivity index (χ4v) is 2.38. The number of carbonyl (C=O) groups excluding carboxylic acids is 1. The lowest BCUT2D eigenvalue weighted by Crippen LogP contribution is -2.16. The van der Waals surface area contributed by atoms with Crippen LogP contribution in [0.2, 0.25) is 0 Å². The molecule has 25 heavy (non-hydrogen) atoms. The van der Waals surface area contributed by atoms with Gasteiger partial charge in [0.25, 0.3) is 0 Å². The molecule has 0 bridgehead atoms. The third kappa shape index (κ3) is 3.55. The lowest BCUT2D eigenvalue weighted by Gasteiger charge is -2.10. The van der Waals surface area contributed by atoms with E-state index in [1.54, 1.807) is 25.1 Å². The molecule has 1 aromatic heterocycles. The van der Waals surface area contributed by atoms with Crippen LogP contribution >= 0.6 is 0 Å². The summed E-state index contributed by atoms with van der Waals surface area (Å²) >= 11 is 0. The van der Waals surface area contributed by atoms with E-state index in [1.807, 2.05) is 6.07 Å². The Kier molecular flexibility index (Phi) is 4.57. The van der Waals surface area contributed by atoms with E-state index in [4.69, 9.17) is 25.2 Å². The molecule has 0 radical (unpaired) electrons. The summed E-state index contributed by atoms with van der Waals surface area (Å²) in [5.74, 6) is 1.32. The van der Waals surface area contributed by atoms with Crippen LogP contribution < -0.4 is 25.3 Å². The molecule has 1 aliphatic rings. The van der Waals surface area contributed by atoms with Crippen molar-refractivity contribution >= 4 is 17.4 Å². The number of amides is 1. The van der Waals surface area contributed by atoms with Crippen molar-refractivity contribution in [3.63, 3.8) is 0 Å². The van der Waals surface area contributed by atoms with Crippen LogP contribution in [0.15, 0.2) is 24.3 Å². The zero-order chi connectivity index (χ0) is 17.8. The molecule has 1 amide bonds. The summed E-state index contributed by atoms with van der Waals surface area (Å²) in [5.41, 5.74) is 6.94. The Bertz CT molecular complexity index is 860. The van der Waals surface area contributed by atoms with Crippen LogP contribution in [-0.2, 0) is 11.2 Å². The second kappa shape index (κ2) is 6.97. The Morgan fingerprint density at radius 1 is 1.40 bits per heavy atom. The number of ether oxygens (including phenoxy) is 3. The second-order valence-electron chi connectivity index (χ2n) is 5.23. The molecule has 0 fully saturated rings. The van der Waals surface area contributed by atoms with Gasteiger partial charge >= 0.3 is 0 Å². The molecule has 0 saturated heterocycles. The number of carbonyl (C=O) groups is 1. The van der Waals surface area contributed by atoms with Crippen LogP contribution in [0.3, 0.4) is 0 Å². The lowest BCUT2D eigenvalue weighted by atomic mass is 10.1. The minimum Gasteiger partial charge on any atom is -0.477 e. The molecule has 0 unspecified atom stereocenters. The van der Waals surface area contributed by atoms with E-state index in [2.05, 4.69) is 10.3 Å². The molecule has 128 valence electrons. The second-order valence-corrected chi connectivity index (χ2v) is 5.23. The van der Waals surface area contributed by atoms with Gasteiger partial charge in [0, 0.05) is 6.07 Å². The number of aromatic nitrogens is 1. The maximum atomic E-state index is 12.2. The van der Waals surface area contributed by atoms with Crippen molar-refractivity contribution in [3.05, 3.63) is 35.4 Å². The molecule has 1 aromatic carbocycles. The normalized spacial score (nSPS) is 11.7. The number of hydrogen-bond acceptors (Lipinski definition) is 7. The van der Waals surface area contributed by atoms with Gasteiger partial charge in [0.05, 0.1) is 18.7 Å². The van der Waals surface area contributed by atoms with Crippen molar-refractivity contribution in [3.8, 4) is 23.4 Å². The number of nitrogens with two attached hydrogens (primary N) is 1. The maximum Gasteiger partial charge on any atom is 0.235 e. The highest BCUT2D eigenvalue weighted by molar-refractivity contribution is 5.92. The lowest BCUT2D eigenvalue weighted by molar-refractivity contribution is -0.115. The molecule has 2 heterocycles. The molecular weight excluding hydrogens is 324 g/mol. The predicted molar refractivity (Wildman–Crippen MR) is 89.4 cm³/mol. The van der Waals surface area contributed by atoms with Crippen LogP contribution in [-0.4, -0.2) is 24.3 Å². The number of anilines is 2. The van der Waals surface area contributed by atoms with E-state index in [0.29, 0.717) is 18.1 Å². The van der Waals surface area contributed by atoms with Gasteiger partial charge in [-0.15, -0.1) is 0 Å². The highest BCUT2D eigenvalue weighted by atomic mass is 16.7. The van der Waals surface area contributed by atoms with Crippen molar-refractivity contribution < 1.29 is 19.0 Å². The van der Waals surface area contributed by atoms with Gasteiger partial charge in [-0.3, -0.25) is 4.79 Å². The number of fused-ring (bicyclic) bond motifs is 1. The van der Waals surface area contributed by atoms with Gasteiger partial charge in [-0.2, -0.15) is 10.2 Å². The van der Waals surface area contributed by atoms with Crippen LogP contribution in [0.25, 0.3) is 0 Å². The summed E-state index contributed by atoms with van der Waals surface area (Å²) in [6.07, 6.45) is 0.127. The van der Waals surface area contributed by atoms with Crippen LogP contribution in [0, 0.1) is 11.3 Å². The van der Waals surface area contributed by atoms with Gasteiger partial charge in [0.2, 0.25) is 18.6 Å². The van der Waals surface area contributed by atoms with Crippen LogP contribution in [0.1, 0.15) is 18.1 Å². The molecule has 0 atom stereocenters. The Morgan fingerprint density at radius 3 is 2.96 bits per heavy atom. The number of hydrogen-bond donors (Lipinski definition) is 2. The Hall–Kier alpha value is -3.47. The van der Waals surface area contributed by atoms with Crippen molar-refractivity contribution in [2.75, 3.05) is 24.5 Å². The molecule has 3 rings (SSSR count). The average Bonchev–Trinajstić information content (AvgIpc) is 3.02. The molecule has 0 saturated carbocycles. The molecular formula is C17H16N4O4. The molecule has 8 nitrogen and oxygen atoms in total.